The molecule has 3 atom stereocenters. The molecule has 18 heteroatoms. The molecule has 0 bridgehead atoms. The minimum absolute atomic E-state index is 0.0205. The molecule has 1 aliphatic carbocycles. The number of nitrogen functional groups attached to an aromatic ring is 1. The van der Waals surface area contributed by atoms with Crippen molar-refractivity contribution in [1.82, 2.24) is 25.2 Å². The summed E-state index contributed by atoms with van der Waals surface area (Å²) in [7, 11) is 0. The highest BCUT2D eigenvalue weighted by atomic mass is 32.2. The van der Waals surface area contributed by atoms with Gasteiger partial charge >= 0.3 is 0 Å². The van der Waals surface area contributed by atoms with Gasteiger partial charge in [0.15, 0.2) is 35.4 Å². The van der Waals surface area contributed by atoms with E-state index in [9.17, 15) is 39.4 Å². The van der Waals surface area contributed by atoms with Gasteiger partial charge < -0.3 is 36.6 Å². The Bertz CT molecular complexity index is 1800. The maximum absolute atomic E-state index is 13.5. The van der Waals surface area contributed by atoms with Crippen LogP contribution in [0, 0.1) is 0 Å². The molecule has 0 aromatic carbocycles. The number of hydrogen-bond donors (Lipinski definition) is 5. The summed E-state index contributed by atoms with van der Waals surface area (Å²) in [4.78, 5) is 69.8. The number of anilines is 1. The monoisotopic (exact) mass is 671 g/mol. The lowest BCUT2D eigenvalue weighted by Gasteiger charge is -2.51. The summed E-state index contributed by atoms with van der Waals surface area (Å²) in [5.41, 5.74) is 4.51. The van der Waals surface area contributed by atoms with Crippen LogP contribution in [0.2, 0.25) is 0 Å². The maximum atomic E-state index is 13.5. The summed E-state index contributed by atoms with van der Waals surface area (Å²) in [5.74, 6) is -4.31. The lowest BCUT2D eigenvalue weighted by Crippen LogP contribution is -2.71. The van der Waals surface area contributed by atoms with E-state index in [0.717, 1.165) is 34.0 Å². The van der Waals surface area contributed by atoms with E-state index < -0.39 is 58.0 Å². The maximum Gasteiger partial charge on any atom is 0.272 e. The molecule has 3 amide bonds. The number of nitrogens with two attached hydrogens (primary N) is 1. The van der Waals surface area contributed by atoms with Crippen molar-refractivity contribution in [3.05, 3.63) is 75.1 Å². The number of amides is 3. The van der Waals surface area contributed by atoms with Crippen LogP contribution in [-0.4, -0.2) is 71.5 Å². The summed E-state index contributed by atoms with van der Waals surface area (Å²) in [5, 5.41) is 37.4. The summed E-state index contributed by atoms with van der Waals surface area (Å²) in [6.45, 7) is 0. The SMILES string of the molecule is Nc1nc(C(NC(=O)c2cc(=O)c(O)cn2O)C(=O)N[C@@H]2C(=O)N3C(C(=O)[O-])=C(CSc4cc[n+](C5CC5)cc4)CS[C@H]23)cs1. The summed E-state index contributed by atoms with van der Waals surface area (Å²) >= 11 is 3.71. The zero-order chi connectivity index (χ0) is 32.0. The van der Waals surface area contributed by atoms with Crippen molar-refractivity contribution in [2.45, 2.75) is 41.2 Å². The molecule has 2 aliphatic heterocycles. The Labute approximate surface area is 266 Å². The van der Waals surface area contributed by atoms with Crippen molar-refractivity contribution >= 4 is 63.7 Å². The Kier molecular flexibility index (Phi) is 8.19. The van der Waals surface area contributed by atoms with Gasteiger partial charge in [0.1, 0.15) is 17.1 Å². The van der Waals surface area contributed by atoms with E-state index in [4.69, 9.17) is 5.73 Å². The van der Waals surface area contributed by atoms with Gasteiger partial charge in [0.25, 0.3) is 11.8 Å². The molecule has 45 heavy (non-hydrogen) atoms. The molecule has 3 aromatic heterocycles. The number of aromatic nitrogens is 3. The van der Waals surface area contributed by atoms with Crippen molar-refractivity contribution in [2.24, 2.45) is 0 Å². The number of carboxylic acids is 1. The summed E-state index contributed by atoms with van der Waals surface area (Å²) in [6, 6.07) is 2.50. The number of aliphatic carboxylic acids is 1. The fraction of sp³-hybridized carbons (Fsp3) is 0.296. The third-order valence-electron chi connectivity index (χ3n) is 7.36. The van der Waals surface area contributed by atoms with Gasteiger partial charge in [-0.25, -0.2) is 9.55 Å². The van der Waals surface area contributed by atoms with Crippen LogP contribution in [0.4, 0.5) is 5.13 Å². The molecule has 1 saturated carbocycles. The molecule has 2 fully saturated rings. The van der Waals surface area contributed by atoms with Crippen molar-refractivity contribution in [2.75, 3.05) is 17.2 Å². The van der Waals surface area contributed by atoms with Crippen LogP contribution in [0.5, 0.6) is 5.75 Å². The Morgan fingerprint density at radius 3 is 2.62 bits per heavy atom. The normalized spacial score (nSPS) is 19.8. The van der Waals surface area contributed by atoms with Gasteiger partial charge in [-0.05, 0) is 5.57 Å². The van der Waals surface area contributed by atoms with E-state index in [2.05, 4.69) is 20.2 Å². The molecule has 0 radical (unpaired) electrons. The predicted molar refractivity (Wildman–Crippen MR) is 159 cm³/mol. The number of carboxylic acid groups (broad SMARTS) is 1. The predicted octanol–water partition coefficient (Wildman–Crippen LogP) is -0.880. The second-order valence-corrected chi connectivity index (χ2v) is 13.4. The van der Waals surface area contributed by atoms with Crippen LogP contribution in [0.15, 0.2) is 63.1 Å². The van der Waals surface area contributed by atoms with Gasteiger partial charge in [0.2, 0.25) is 11.3 Å². The topological polar surface area (TPSA) is 224 Å². The van der Waals surface area contributed by atoms with Gasteiger partial charge in [-0.1, -0.05) is 0 Å². The molecule has 3 aliphatic rings. The standard InChI is InChI=1S/C27H25N7O8S3/c28-27-29-15(11-45-27)19(30-22(37)16-7-17(35)18(36)8-33(16)42)23(38)31-20-24(39)34-21(26(40)41)12(10-44-25(20)34)9-43-14-3-5-32(6-4-14)13-1-2-13/h3-8,11,13,19-20,25,42H,1-2,9-10H2,(H5-,28,29,30,31,36,37,38,40,41)/t19?,20-,25-/m1/s1. The Balaban J connectivity index is 1.16. The zero-order valence-electron chi connectivity index (χ0n) is 23.1. The fourth-order valence-electron chi connectivity index (χ4n) is 4.92. The second-order valence-electron chi connectivity index (χ2n) is 10.4. The molecule has 3 aromatic rings. The number of carbonyl (C=O) groups is 4. The highest BCUT2D eigenvalue weighted by Crippen LogP contribution is 2.41. The van der Waals surface area contributed by atoms with E-state index in [1.54, 1.807) is 0 Å². The molecule has 15 nitrogen and oxygen atoms in total. The number of fused-ring (bicyclic) bond motifs is 1. The van der Waals surface area contributed by atoms with Crippen LogP contribution < -0.4 is 31.5 Å². The minimum atomic E-state index is -1.52. The van der Waals surface area contributed by atoms with E-state index in [0.29, 0.717) is 29.6 Å². The van der Waals surface area contributed by atoms with Crippen molar-refractivity contribution in [3.8, 4) is 5.75 Å². The molecule has 1 unspecified atom stereocenters. The van der Waals surface area contributed by atoms with Gasteiger partial charge in [0, 0.05) is 52.8 Å². The summed E-state index contributed by atoms with van der Waals surface area (Å²) < 4.78 is 2.36. The molecule has 0 spiro atoms. The highest BCUT2D eigenvalue weighted by molar-refractivity contribution is 8.01. The fourth-order valence-corrected chi connectivity index (χ4v) is 7.88. The molecule has 1 saturated heterocycles. The first-order valence-electron chi connectivity index (χ1n) is 13.5. The number of pyridine rings is 2. The van der Waals surface area contributed by atoms with Crippen molar-refractivity contribution < 1.29 is 39.2 Å². The Hall–Kier alpha value is -4.55. The third kappa shape index (κ3) is 6.07. The number of carbonyl (C=O) groups excluding carboxylic acids is 4. The van der Waals surface area contributed by atoms with Gasteiger partial charge in [-0.2, -0.15) is 4.73 Å². The first-order chi connectivity index (χ1) is 21.5. The number of thioether (sulfide) groups is 2. The zero-order valence-corrected chi connectivity index (χ0v) is 25.6. The number of nitrogens with one attached hydrogen (secondary N) is 2. The van der Waals surface area contributed by atoms with Crippen LogP contribution in [0.1, 0.15) is 41.1 Å². The first kappa shape index (κ1) is 30.5. The van der Waals surface area contributed by atoms with Crippen LogP contribution in [-0.2, 0) is 14.4 Å². The number of aromatic hydroxyl groups is 1. The van der Waals surface area contributed by atoms with E-state index in [-0.39, 0.29) is 27.0 Å². The van der Waals surface area contributed by atoms with E-state index in [1.807, 2.05) is 24.5 Å². The quantitative estimate of drug-likeness (QED) is 0.0767. The van der Waals surface area contributed by atoms with E-state index in [1.165, 1.54) is 28.9 Å². The molecule has 5 heterocycles. The number of hydrogen-bond acceptors (Lipinski definition) is 13. The molecule has 234 valence electrons. The van der Waals surface area contributed by atoms with Crippen LogP contribution in [0.25, 0.3) is 0 Å². The van der Waals surface area contributed by atoms with Crippen molar-refractivity contribution in [3.63, 3.8) is 0 Å². The lowest BCUT2D eigenvalue weighted by atomic mass is 10.0. The van der Waals surface area contributed by atoms with Crippen molar-refractivity contribution in [1.29, 1.82) is 0 Å². The Morgan fingerprint density at radius 2 is 1.98 bits per heavy atom. The largest absolute Gasteiger partial charge is 0.543 e. The van der Waals surface area contributed by atoms with Gasteiger partial charge in [-0.3, -0.25) is 24.1 Å². The minimum Gasteiger partial charge on any atom is -0.543 e. The molecular formula is C27H25N7O8S3. The van der Waals surface area contributed by atoms with E-state index >= 15 is 0 Å². The number of rotatable bonds is 10. The van der Waals surface area contributed by atoms with Gasteiger partial charge in [0.05, 0.1) is 23.6 Å². The average molecular weight is 672 g/mol. The Morgan fingerprint density at radius 1 is 1.24 bits per heavy atom. The first-order valence-corrected chi connectivity index (χ1v) is 16.4. The van der Waals surface area contributed by atoms with Crippen LogP contribution >= 0.6 is 34.9 Å². The molecule has 6 N–H and O–H groups in total. The lowest BCUT2D eigenvalue weighted by molar-refractivity contribution is -0.700. The second kappa shape index (κ2) is 12.1. The number of thiazole rings is 1. The number of β-lactam (4-membered cyclic amide) rings is 1. The highest BCUT2D eigenvalue weighted by Gasteiger charge is 2.53. The smallest absolute Gasteiger partial charge is 0.272 e. The molecule has 6 rings (SSSR count). The number of nitrogens with zero attached hydrogens (tertiary/aromatic N) is 4. The molecular weight excluding hydrogens is 647 g/mol. The average Bonchev–Trinajstić information content (AvgIpc) is 3.78. The van der Waals surface area contributed by atoms with Gasteiger partial charge in [-0.15, -0.1) is 34.9 Å². The van der Waals surface area contributed by atoms with Crippen LogP contribution in [0.3, 0.4) is 0 Å². The third-order valence-corrected chi connectivity index (χ3v) is 10.5. The summed E-state index contributed by atoms with van der Waals surface area (Å²) in [6.07, 6.45) is 6.92.